The molecule has 0 spiro atoms. The Hall–Kier alpha value is 0.230. The first kappa shape index (κ1) is 8.81. The van der Waals surface area contributed by atoms with Crippen LogP contribution in [0.4, 0.5) is 0 Å². The number of hydrogen-bond acceptors (Lipinski definition) is 4. The molecule has 4 heteroatoms. The van der Waals surface area contributed by atoms with E-state index in [0.29, 0.717) is 5.50 Å². The van der Waals surface area contributed by atoms with Crippen LogP contribution in [-0.4, -0.2) is 42.6 Å². The van der Waals surface area contributed by atoms with E-state index >= 15 is 0 Å². The van der Waals surface area contributed by atoms with Gasteiger partial charge in [-0.1, -0.05) is 0 Å². The van der Waals surface area contributed by atoms with Gasteiger partial charge in [-0.25, -0.2) is 0 Å². The van der Waals surface area contributed by atoms with Crippen LogP contribution >= 0.6 is 12.6 Å². The van der Waals surface area contributed by atoms with Crippen molar-refractivity contribution in [2.45, 2.75) is 24.4 Å². The number of piperidine rings is 1. The first-order valence-corrected chi connectivity index (χ1v) is 5.27. The quantitative estimate of drug-likeness (QED) is 0.499. The molecule has 70 valence electrons. The molecule has 0 aromatic rings. The van der Waals surface area contributed by atoms with Gasteiger partial charge >= 0.3 is 0 Å². The molecular formula is C8H17N3S. The van der Waals surface area contributed by atoms with Gasteiger partial charge in [0.25, 0.3) is 0 Å². The topological polar surface area (TPSA) is 27.3 Å². The van der Waals surface area contributed by atoms with Crippen molar-refractivity contribution in [1.82, 2.24) is 15.5 Å². The van der Waals surface area contributed by atoms with Gasteiger partial charge in [-0.05, 0) is 25.9 Å². The molecule has 0 saturated carbocycles. The molecule has 12 heavy (non-hydrogen) atoms. The molecule has 0 amide bonds. The summed E-state index contributed by atoms with van der Waals surface area (Å²) in [6.07, 6.45) is 2.55. The molecular weight excluding hydrogens is 170 g/mol. The second kappa shape index (κ2) is 3.96. The average Bonchev–Trinajstić information content (AvgIpc) is 2.53. The molecule has 2 fully saturated rings. The Labute approximate surface area is 79.3 Å². The van der Waals surface area contributed by atoms with E-state index in [9.17, 15) is 0 Å². The van der Waals surface area contributed by atoms with Crippen molar-refractivity contribution in [3.8, 4) is 0 Å². The first-order valence-electron chi connectivity index (χ1n) is 4.76. The van der Waals surface area contributed by atoms with Gasteiger partial charge in [0.1, 0.15) is 5.50 Å². The van der Waals surface area contributed by atoms with Crippen LogP contribution in [0, 0.1) is 0 Å². The molecule has 1 unspecified atom stereocenters. The summed E-state index contributed by atoms with van der Waals surface area (Å²) in [5.74, 6) is 0. The summed E-state index contributed by atoms with van der Waals surface area (Å²) in [5.41, 5.74) is 0.299. The van der Waals surface area contributed by atoms with Crippen molar-refractivity contribution in [1.29, 1.82) is 0 Å². The molecule has 2 saturated heterocycles. The standard InChI is InChI=1S/C8H17N3S/c12-8-10-5-6-11(8)7-1-3-9-4-2-7/h7-10,12H,1-6H2. The third-order valence-electron chi connectivity index (χ3n) is 2.79. The van der Waals surface area contributed by atoms with Gasteiger partial charge in [0.15, 0.2) is 0 Å². The molecule has 3 nitrogen and oxygen atoms in total. The maximum atomic E-state index is 4.49. The molecule has 0 aliphatic carbocycles. The van der Waals surface area contributed by atoms with Gasteiger partial charge < -0.3 is 5.32 Å². The van der Waals surface area contributed by atoms with Crippen LogP contribution in [0.2, 0.25) is 0 Å². The van der Waals surface area contributed by atoms with Crippen molar-refractivity contribution in [2.75, 3.05) is 26.2 Å². The molecule has 0 bridgehead atoms. The predicted octanol–water partition coefficient (Wildman–Crippen LogP) is -0.143. The molecule has 0 aromatic heterocycles. The number of rotatable bonds is 1. The average molecular weight is 187 g/mol. The minimum Gasteiger partial charge on any atom is -0.317 e. The van der Waals surface area contributed by atoms with Crippen LogP contribution in [0.5, 0.6) is 0 Å². The van der Waals surface area contributed by atoms with Crippen molar-refractivity contribution in [3.05, 3.63) is 0 Å². The molecule has 0 aromatic carbocycles. The normalized spacial score (nSPS) is 34.2. The number of thiol groups is 1. The van der Waals surface area contributed by atoms with E-state index in [1.165, 1.54) is 32.5 Å². The fourth-order valence-corrected chi connectivity index (χ4v) is 2.52. The van der Waals surface area contributed by atoms with Crippen molar-refractivity contribution >= 4 is 12.6 Å². The van der Waals surface area contributed by atoms with E-state index in [1.54, 1.807) is 0 Å². The number of nitrogens with one attached hydrogen (secondary N) is 2. The summed E-state index contributed by atoms with van der Waals surface area (Å²) in [5, 5.41) is 6.72. The van der Waals surface area contributed by atoms with Crippen molar-refractivity contribution in [2.24, 2.45) is 0 Å². The largest absolute Gasteiger partial charge is 0.317 e. The smallest absolute Gasteiger partial charge is 0.105 e. The van der Waals surface area contributed by atoms with E-state index in [1.807, 2.05) is 0 Å². The molecule has 2 heterocycles. The summed E-state index contributed by atoms with van der Waals surface area (Å²) < 4.78 is 0. The maximum absolute atomic E-state index is 4.49. The van der Waals surface area contributed by atoms with Gasteiger partial charge in [0, 0.05) is 19.1 Å². The summed E-state index contributed by atoms with van der Waals surface area (Å²) in [4.78, 5) is 2.48. The Bertz CT molecular complexity index is 147. The van der Waals surface area contributed by atoms with E-state index in [2.05, 4.69) is 28.2 Å². The zero-order chi connectivity index (χ0) is 8.39. The Balaban J connectivity index is 1.89. The lowest BCUT2D eigenvalue weighted by Gasteiger charge is -2.33. The highest BCUT2D eigenvalue weighted by atomic mass is 32.1. The van der Waals surface area contributed by atoms with Crippen LogP contribution in [0.25, 0.3) is 0 Å². The zero-order valence-corrected chi connectivity index (χ0v) is 8.19. The molecule has 2 N–H and O–H groups in total. The first-order chi connectivity index (χ1) is 5.88. The second-order valence-corrected chi connectivity index (χ2v) is 4.04. The minimum absolute atomic E-state index is 0.299. The zero-order valence-electron chi connectivity index (χ0n) is 7.29. The summed E-state index contributed by atoms with van der Waals surface area (Å²) in [7, 11) is 0. The highest BCUT2D eigenvalue weighted by Gasteiger charge is 2.28. The van der Waals surface area contributed by atoms with Gasteiger partial charge in [0.05, 0.1) is 0 Å². The van der Waals surface area contributed by atoms with Crippen molar-refractivity contribution in [3.63, 3.8) is 0 Å². The summed E-state index contributed by atoms with van der Waals surface area (Å²) in [6, 6.07) is 0.753. The van der Waals surface area contributed by atoms with Crippen LogP contribution < -0.4 is 10.6 Å². The predicted molar refractivity (Wildman–Crippen MR) is 53.4 cm³/mol. The molecule has 2 aliphatic heterocycles. The lowest BCUT2D eigenvalue weighted by Crippen LogP contribution is -2.45. The van der Waals surface area contributed by atoms with Gasteiger partial charge in [-0.15, -0.1) is 12.6 Å². The number of nitrogens with zero attached hydrogens (tertiary/aromatic N) is 1. The van der Waals surface area contributed by atoms with Crippen molar-refractivity contribution < 1.29 is 0 Å². The third-order valence-corrected chi connectivity index (χ3v) is 3.27. The van der Waals surface area contributed by atoms with Crippen LogP contribution in [0.1, 0.15) is 12.8 Å². The van der Waals surface area contributed by atoms with Gasteiger partial charge in [-0.2, -0.15) is 0 Å². The monoisotopic (exact) mass is 187 g/mol. The Morgan fingerprint density at radius 2 is 1.92 bits per heavy atom. The summed E-state index contributed by atoms with van der Waals surface area (Å²) >= 11 is 4.49. The van der Waals surface area contributed by atoms with E-state index in [0.717, 1.165) is 12.6 Å². The third kappa shape index (κ3) is 1.76. The number of hydrogen-bond donors (Lipinski definition) is 3. The Kier molecular flexibility index (Phi) is 2.91. The van der Waals surface area contributed by atoms with Crippen LogP contribution in [0.15, 0.2) is 0 Å². The molecule has 1 atom stereocenters. The molecule has 2 rings (SSSR count). The maximum Gasteiger partial charge on any atom is 0.105 e. The van der Waals surface area contributed by atoms with E-state index in [-0.39, 0.29) is 0 Å². The van der Waals surface area contributed by atoms with Gasteiger partial charge in [0.2, 0.25) is 0 Å². The van der Waals surface area contributed by atoms with Gasteiger partial charge in [-0.3, -0.25) is 10.2 Å². The Morgan fingerprint density at radius 3 is 2.50 bits per heavy atom. The Morgan fingerprint density at radius 1 is 1.17 bits per heavy atom. The van der Waals surface area contributed by atoms with Crippen LogP contribution in [-0.2, 0) is 0 Å². The minimum atomic E-state index is 0.299. The highest BCUT2D eigenvalue weighted by Crippen LogP contribution is 2.17. The lowest BCUT2D eigenvalue weighted by molar-refractivity contribution is 0.183. The fraction of sp³-hybridized carbons (Fsp3) is 1.00. The van der Waals surface area contributed by atoms with E-state index in [4.69, 9.17) is 0 Å². The fourth-order valence-electron chi connectivity index (χ4n) is 2.08. The molecule has 2 aliphatic rings. The van der Waals surface area contributed by atoms with E-state index < -0.39 is 0 Å². The van der Waals surface area contributed by atoms with Crippen LogP contribution in [0.3, 0.4) is 0 Å². The summed E-state index contributed by atoms with van der Waals surface area (Å²) in [6.45, 7) is 4.60. The second-order valence-electron chi connectivity index (χ2n) is 3.55. The lowest BCUT2D eigenvalue weighted by atomic mass is 10.1. The highest BCUT2D eigenvalue weighted by molar-refractivity contribution is 7.80. The SMILES string of the molecule is SC1NCCN1C1CCNCC1. The molecule has 0 radical (unpaired) electrons.